The van der Waals surface area contributed by atoms with E-state index in [2.05, 4.69) is 40.0 Å². The van der Waals surface area contributed by atoms with E-state index < -0.39 is 4.92 Å². The van der Waals surface area contributed by atoms with Crippen LogP contribution in [0.15, 0.2) is 41.5 Å². The van der Waals surface area contributed by atoms with Gasteiger partial charge >= 0.3 is 0 Å². The number of carbonyl (C=O) groups excluding carboxylic acids is 1. The highest BCUT2D eigenvalue weighted by molar-refractivity contribution is 14.1. The van der Waals surface area contributed by atoms with Gasteiger partial charge in [-0.25, -0.2) is 5.43 Å². The molecule has 33 heavy (non-hydrogen) atoms. The van der Waals surface area contributed by atoms with Crippen LogP contribution in [0, 0.1) is 30.9 Å². The second-order valence-electron chi connectivity index (χ2n) is 8.82. The van der Waals surface area contributed by atoms with Crippen LogP contribution in [0.5, 0.6) is 11.5 Å². The second-order valence-corrected chi connectivity index (χ2v) is 9.98. The number of halogens is 1. The average molecular weight is 563 g/mol. The van der Waals surface area contributed by atoms with Gasteiger partial charge in [0.05, 0.1) is 21.8 Å². The molecule has 0 bridgehead atoms. The highest BCUT2D eigenvalue weighted by Crippen LogP contribution is 2.66. The van der Waals surface area contributed by atoms with Gasteiger partial charge in [-0.15, -0.1) is 0 Å². The number of hydrogen-bond donors (Lipinski definition) is 1. The van der Waals surface area contributed by atoms with Crippen molar-refractivity contribution in [2.24, 2.45) is 22.4 Å². The summed E-state index contributed by atoms with van der Waals surface area (Å²) in [4.78, 5) is 22.9. The lowest BCUT2D eigenvalue weighted by atomic mass is 9.90. The zero-order chi connectivity index (χ0) is 23.6. The summed E-state index contributed by atoms with van der Waals surface area (Å²) < 4.78 is 12.2. The van der Waals surface area contributed by atoms with E-state index in [1.165, 1.54) is 25.0 Å². The second kappa shape index (κ2) is 9.66. The number of hydrazone groups is 1. The molecular weight excluding hydrogens is 537 g/mol. The summed E-state index contributed by atoms with van der Waals surface area (Å²) in [6.45, 7) is 2.46. The summed E-state index contributed by atoms with van der Waals surface area (Å²) in [6.07, 6.45) is 6.28. The highest BCUT2D eigenvalue weighted by Gasteiger charge is 2.64. The molecule has 2 aliphatic carbocycles. The molecule has 2 saturated carbocycles. The van der Waals surface area contributed by atoms with Crippen molar-refractivity contribution in [3.8, 4) is 11.5 Å². The third kappa shape index (κ3) is 4.97. The Kier molecular flexibility index (Phi) is 6.87. The first kappa shape index (κ1) is 23.5. The van der Waals surface area contributed by atoms with E-state index in [4.69, 9.17) is 9.47 Å². The van der Waals surface area contributed by atoms with Crippen LogP contribution in [0.25, 0.3) is 0 Å². The Morgan fingerprint density at radius 1 is 1.33 bits per heavy atom. The van der Waals surface area contributed by atoms with Crippen LogP contribution in [0.1, 0.15) is 43.7 Å². The van der Waals surface area contributed by atoms with E-state index in [0.29, 0.717) is 17.4 Å². The number of ether oxygens (including phenoxy) is 2. The number of nitro groups is 1. The largest absolute Gasteiger partial charge is 0.493 e. The van der Waals surface area contributed by atoms with Gasteiger partial charge in [-0.3, -0.25) is 14.9 Å². The van der Waals surface area contributed by atoms with E-state index in [1.807, 2.05) is 6.07 Å². The normalized spacial score (nSPS) is 23.6. The number of methoxy groups -OCH3 is 1. The number of nitrogens with one attached hydrogen (secondary N) is 1. The van der Waals surface area contributed by atoms with Gasteiger partial charge in [0.15, 0.2) is 11.5 Å². The van der Waals surface area contributed by atoms with Crippen LogP contribution in [0.2, 0.25) is 0 Å². The lowest BCUT2D eigenvalue weighted by molar-refractivity contribution is -0.384. The fraction of sp³-hybridized carbons (Fsp3) is 0.417. The molecule has 1 N–H and O–H groups in total. The number of nitrogens with zero attached hydrogens (tertiary/aromatic N) is 2. The molecular formula is C24H26IN3O5. The number of carbonyl (C=O) groups is 1. The third-order valence-corrected chi connectivity index (χ3v) is 7.59. The van der Waals surface area contributed by atoms with Crippen LogP contribution in [-0.2, 0) is 11.4 Å². The number of fused-ring (bicyclic) bond motifs is 1. The van der Waals surface area contributed by atoms with Gasteiger partial charge in [0, 0.05) is 18.1 Å². The number of hydrogen-bond acceptors (Lipinski definition) is 6. The van der Waals surface area contributed by atoms with Gasteiger partial charge in [-0.1, -0.05) is 19.8 Å². The molecule has 4 rings (SSSR count). The van der Waals surface area contributed by atoms with Crippen molar-refractivity contribution in [3.05, 3.63) is 61.2 Å². The minimum Gasteiger partial charge on any atom is -0.493 e. The van der Waals surface area contributed by atoms with Crippen LogP contribution in [0.4, 0.5) is 5.69 Å². The average Bonchev–Trinajstić information content (AvgIpc) is 3.43. The van der Waals surface area contributed by atoms with Crippen molar-refractivity contribution in [1.82, 2.24) is 5.43 Å². The van der Waals surface area contributed by atoms with Crippen molar-refractivity contribution < 1.29 is 19.2 Å². The van der Waals surface area contributed by atoms with Crippen molar-refractivity contribution >= 4 is 40.4 Å². The predicted octanol–water partition coefficient (Wildman–Crippen LogP) is 5.06. The number of rotatable bonds is 8. The van der Waals surface area contributed by atoms with Gasteiger partial charge in [-0.2, -0.15) is 5.10 Å². The van der Waals surface area contributed by atoms with Gasteiger partial charge in [0.25, 0.3) is 5.69 Å². The molecule has 174 valence electrons. The van der Waals surface area contributed by atoms with Crippen molar-refractivity contribution in [3.63, 3.8) is 0 Å². The summed E-state index contributed by atoms with van der Waals surface area (Å²) >= 11 is 2.16. The van der Waals surface area contributed by atoms with Crippen LogP contribution in [-0.4, -0.2) is 24.2 Å². The molecule has 0 saturated heterocycles. The summed E-state index contributed by atoms with van der Waals surface area (Å²) in [6, 6.07) is 9.91. The standard InChI is InChI=1S/C24H26IN3O5/c1-24-10-4-3-5-18(24)21(24)23(29)27-26-13-16-11-19(25)22(20(12-16)32-2)33-14-15-6-8-17(9-7-15)28(30)31/h6-9,11-13,18,21H,3-5,10,14H2,1-2H3,(H,27,29)/b26-13-/t18-,21-,24+/m0/s1. The summed E-state index contributed by atoms with van der Waals surface area (Å²) in [5.41, 5.74) is 4.49. The summed E-state index contributed by atoms with van der Waals surface area (Å²) in [5, 5.41) is 15.0. The quantitative estimate of drug-likeness (QED) is 0.209. The Morgan fingerprint density at radius 3 is 2.73 bits per heavy atom. The lowest BCUT2D eigenvalue weighted by Gasteiger charge is -2.15. The molecule has 9 heteroatoms. The minimum absolute atomic E-state index is 0.00497. The third-order valence-electron chi connectivity index (χ3n) is 6.78. The molecule has 0 aliphatic heterocycles. The van der Waals surface area contributed by atoms with E-state index in [9.17, 15) is 14.9 Å². The maximum atomic E-state index is 12.6. The van der Waals surface area contributed by atoms with Gasteiger partial charge in [-0.05, 0) is 82.2 Å². The first-order chi connectivity index (χ1) is 15.8. The molecule has 0 unspecified atom stereocenters. The van der Waals surface area contributed by atoms with Gasteiger partial charge < -0.3 is 9.47 Å². The molecule has 1 amide bonds. The topological polar surface area (TPSA) is 103 Å². The van der Waals surface area contributed by atoms with E-state index in [0.717, 1.165) is 27.5 Å². The molecule has 0 aromatic heterocycles. The SMILES string of the molecule is COc1cc(/C=N\NC(=O)[C@@H]2[C@@H]3CCCC[C@@]23C)cc(I)c1OCc1ccc([N+](=O)[O-])cc1. The lowest BCUT2D eigenvalue weighted by Crippen LogP contribution is -2.22. The summed E-state index contributed by atoms with van der Waals surface area (Å²) in [5.74, 6) is 1.69. The van der Waals surface area contributed by atoms with Crippen molar-refractivity contribution in [2.75, 3.05) is 7.11 Å². The fourth-order valence-electron chi connectivity index (χ4n) is 4.91. The van der Waals surface area contributed by atoms with E-state index >= 15 is 0 Å². The number of amides is 1. The predicted molar refractivity (Wildman–Crippen MR) is 132 cm³/mol. The van der Waals surface area contributed by atoms with Crippen molar-refractivity contribution in [2.45, 2.75) is 39.2 Å². The first-order valence-corrected chi connectivity index (χ1v) is 12.0. The Labute approximate surface area is 206 Å². The maximum Gasteiger partial charge on any atom is 0.269 e. The molecule has 2 fully saturated rings. The van der Waals surface area contributed by atoms with E-state index in [1.54, 1.807) is 31.5 Å². The van der Waals surface area contributed by atoms with Gasteiger partial charge in [0.2, 0.25) is 5.91 Å². The smallest absolute Gasteiger partial charge is 0.269 e. The monoisotopic (exact) mass is 563 g/mol. The molecule has 0 radical (unpaired) electrons. The summed E-state index contributed by atoms with van der Waals surface area (Å²) in [7, 11) is 1.56. The van der Waals surface area contributed by atoms with Gasteiger partial charge in [0.1, 0.15) is 6.61 Å². The fourth-order valence-corrected chi connectivity index (χ4v) is 5.70. The zero-order valence-corrected chi connectivity index (χ0v) is 20.7. The Balaban J connectivity index is 1.38. The molecule has 2 aromatic carbocycles. The Bertz CT molecular complexity index is 1090. The Morgan fingerprint density at radius 2 is 2.09 bits per heavy atom. The molecule has 8 nitrogen and oxygen atoms in total. The molecule has 2 aromatic rings. The minimum atomic E-state index is -0.433. The number of nitro benzene ring substituents is 1. The zero-order valence-electron chi connectivity index (χ0n) is 18.5. The van der Waals surface area contributed by atoms with Crippen LogP contribution >= 0.6 is 22.6 Å². The molecule has 0 spiro atoms. The van der Waals surface area contributed by atoms with Crippen LogP contribution in [0.3, 0.4) is 0 Å². The number of non-ortho nitro benzene ring substituents is 1. The molecule has 0 heterocycles. The molecule has 2 aliphatic rings. The first-order valence-electron chi connectivity index (χ1n) is 10.9. The Hall–Kier alpha value is -2.69. The molecule has 3 atom stereocenters. The van der Waals surface area contributed by atoms with Crippen LogP contribution < -0.4 is 14.9 Å². The van der Waals surface area contributed by atoms with Crippen molar-refractivity contribution in [1.29, 1.82) is 0 Å². The van der Waals surface area contributed by atoms with E-state index in [-0.39, 0.29) is 29.5 Å². The number of benzene rings is 2. The highest BCUT2D eigenvalue weighted by atomic mass is 127. The maximum absolute atomic E-state index is 12.6.